The van der Waals surface area contributed by atoms with Crippen LogP contribution in [-0.4, -0.2) is 62.8 Å². The van der Waals surface area contributed by atoms with Gasteiger partial charge < -0.3 is 4.42 Å². The fraction of sp³-hybridized carbons (Fsp3) is 0. The van der Waals surface area contributed by atoms with Gasteiger partial charge in [-0.25, -0.2) is 0 Å². The van der Waals surface area contributed by atoms with E-state index < -0.39 is 0 Å². The second kappa shape index (κ2) is 13.3. The van der Waals surface area contributed by atoms with Gasteiger partial charge in [0.1, 0.15) is 73.9 Å². The molecule has 10 rings (SSSR count). The van der Waals surface area contributed by atoms with Crippen molar-refractivity contribution in [2.24, 2.45) is 0 Å². The number of benzene rings is 9. The minimum Gasteiger partial charge on any atom is -0.456 e. The molecular formula is C48H38B8O. The third-order valence-electron chi connectivity index (χ3n) is 13.5. The monoisotopic (exact) mass is 718 g/mol. The minimum atomic E-state index is 0.918. The highest BCUT2D eigenvalue weighted by Gasteiger charge is 2.26. The van der Waals surface area contributed by atoms with Gasteiger partial charge in [0, 0.05) is 10.8 Å². The van der Waals surface area contributed by atoms with Crippen LogP contribution in [0.4, 0.5) is 0 Å². The van der Waals surface area contributed by atoms with Crippen molar-refractivity contribution < 1.29 is 4.42 Å². The maximum absolute atomic E-state index is 6.55. The summed E-state index contributed by atoms with van der Waals surface area (Å²) in [5.41, 5.74) is 22.7. The average molecular weight is 717 g/mol. The van der Waals surface area contributed by atoms with Gasteiger partial charge in [0.25, 0.3) is 0 Å². The van der Waals surface area contributed by atoms with Crippen molar-refractivity contribution in [3.8, 4) is 44.5 Å². The topological polar surface area (TPSA) is 13.1 Å². The Morgan fingerprint density at radius 3 is 1.25 bits per heavy atom. The SMILES string of the molecule is Bc1c(B)c(B)c2c(-c3ccc4oc5cc6ccccc6cc5c4c3)c3c(B)c(B)c(B)c(B)c3c(-c3ccc(-c4ccccc4)c(-c4ccccc4)c3)c2c1B. The second-order valence-corrected chi connectivity index (χ2v) is 16.3. The highest BCUT2D eigenvalue weighted by Crippen LogP contribution is 2.44. The van der Waals surface area contributed by atoms with E-state index in [4.69, 9.17) is 4.42 Å². The molecule has 1 nitrogen and oxygen atoms in total. The molecule has 0 aliphatic carbocycles. The van der Waals surface area contributed by atoms with E-state index in [1.54, 1.807) is 0 Å². The molecular weight excluding hydrogens is 679 g/mol. The molecule has 0 radical (unpaired) electrons. The first kappa shape index (κ1) is 35.5. The molecule has 9 heteroatoms. The van der Waals surface area contributed by atoms with Crippen molar-refractivity contribution in [1.82, 2.24) is 0 Å². The predicted octanol–water partition coefficient (Wildman–Crippen LogP) is -0.219. The molecule has 57 heavy (non-hydrogen) atoms. The number of hydrogen-bond donors (Lipinski definition) is 0. The highest BCUT2D eigenvalue weighted by molar-refractivity contribution is 6.71. The molecule has 0 atom stereocenters. The highest BCUT2D eigenvalue weighted by atomic mass is 16.3. The summed E-state index contributed by atoms with van der Waals surface area (Å²) >= 11 is 0. The lowest BCUT2D eigenvalue weighted by Crippen LogP contribution is -2.50. The van der Waals surface area contributed by atoms with Crippen LogP contribution in [0.3, 0.4) is 0 Å². The fourth-order valence-corrected chi connectivity index (χ4v) is 9.75. The van der Waals surface area contributed by atoms with Crippen LogP contribution in [0.2, 0.25) is 0 Å². The van der Waals surface area contributed by atoms with Crippen LogP contribution in [0.5, 0.6) is 0 Å². The molecule has 0 aliphatic rings. The van der Waals surface area contributed by atoms with Gasteiger partial charge in [-0.05, 0) is 107 Å². The van der Waals surface area contributed by atoms with E-state index in [9.17, 15) is 0 Å². The molecule has 0 aliphatic heterocycles. The van der Waals surface area contributed by atoms with Gasteiger partial charge in [0.05, 0.1) is 0 Å². The summed E-state index contributed by atoms with van der Waals surface area (Å²) in [6, 6.07) is 48.9. The first-order chi connectivity index (χ1) is 27.6. The van der Waals surface area contributed by atoms with Crippen molar-refractivity contribution in [1.29, 1.82) is 0 Å². The standard InChI is InChI=1S/C48H38B8O/c49-41-37-35(27-15-17-29(23-9-3-1-4-10-23)30(20-27)24-11-5-2-6-12-24)38-40(44(52)48(56)46(54)42(38)50)36(39(37)43(51)47(55)45(41)53)28-16-18-33-31(21-28)32-19-25-13-7-8-14-26(25)22-34(32)57-33/h1-22H,49-56H2. The molecule has 0 spiro atoms. The van der Waals surface area contributed by atoms with Gasteiger partial charge in [-0.2, -0.15) is 0 Å². The largest absolute Gasteiger partial charge is 0.456 e. The molecule has 260 valence electrons. The zero-order valence-electron chi connectivity index (χ0n) is 34.1. The molecule has 0 saturated carbocycles. The summed E-state index contributed by atoms with van der Waals surface area (Å²) in [5, 5.41) is 10.1. The zero-order chi connectivity index (χ0) is 39.3. The Bertz CT molecular complexity index is 3240. The number of furan rings is 1. The van der Waals surface area contributed by atoms with E-state index in [-0.39, 0.29) is 0 Å². The van der Waals surface area contributed by atoms with Gasteiger partial charge in [-0.1, -0.05) is 125 Å². The van der Waals surface area contributed by atoms with Gasteiger partial charge in [0.15, 0.2) is 0 Å². The molecule has 0 N–H and O–H groups in total. The molecule has 0 fully saturated rings. The maximum atomic E-state index is 6.55. The van der Waals surface area contributed by atoms with Crippen molar-refractivity contribution in [2.75, 3.05) is 0 Å². The van der Waals surface area contributed by atoms with Crippen LogP contribution in [-0.2, 0) is 0 Å². The van der Waals surface area contributed by atoms with E-state index in [0.717, 1.165) is 21.9 Å². The summed E-state index contributed by atoms with van der Waals surface area (Å²) in [6.45, 7) is 0. The Morgan fingerprint density at radius 2 is 0.719 bits per heavy atom. The van der Waals surface area contributed by atoms with Crippen LogP contribution in [0, 0.1) is 0 Å². The summed E-state index contributed by atoms with van der Waals surface area (Å²) in [7, 11) is 18.6. The van der Waals surface area contributed by atoms with Crippen molar-refractivity contribution >= 4 is 161 Å². The molecule has 1 heterocycles. The Morgan fingerprint density at radius 1 is 0.298 bits per heavy atom. The maximum Gasteiger partial charge on any atom is 0.139 e. The molecule has 0 saturated heterocycles. The van der Waals surface area contributed by atoms with Crippen LogP contribution in [0.25, 0.3) is 98.8 Å². The number of hydrogen-bond acceptors (Lipinski definition) is 1. The van der Waals surface area contributed by atoms with Crippen LogP contribution >= 0.6 is 0 Å². The van der Waals surface area contributed by atoms with E-state index >= 15 is 0 Å². The number of rotatable bonds is 4. The van der Waals surface area contributed by atoms with Crippen LogP contribution < -0.4 is 43.7 Å². The molecule has 0 amide bonds. The Balaban J connectivity index is 1.38. The molecule has 0 bridgehead atoms. The summed E-state index contributed by atoms with van der Waals surface area (Å²) in [4.78, 5) is 0. The first-order valence-electron chi connectivity index (χ1n) is 20.2. The lowest BCUT2D eigenvalue weighted by molar-refractivity contribution is 0.669. The minimum absolute atomic E-state index is 0.918. The van der Waals surface area contributed by atoms with Crippen molar-refractivity contribution in [3.63, 3.8) is 0 Å². The van der Waals surface area contributed by atoms with E-state index in [0.29, 0.717) is 0 Å². The fourth-order valence-electron chi connectivity index (χ4n) is 9.75. The van der Waals surface area contributed by atoms with E-state index in [1.165, 1.54) is 121 Å². The normalized spacial score (nSPS) is 11.7. The molecule has 0 unspecified atom stereocenters. The third-order valence-corrected chi connectivity index (χ3v) is 13.5. The lowest BCUT2D eigenvalue weighted by atomic mass is 9.59. The zero-order valence-corrected chi connectivity index (χ0v) is 34.1. The van der Waals surface area contributed by atoms with Crippen LogP contribution in [0.1, 0.15) is 0 Å². The number of fused-ring (bicyclic) bond motifs is 6. The predicted molar refractivity (Wildman–Crippen MR) is 273 cm³/mol. The summed E-state index contributed by atoms with van der Waals surface area (Å²) in [5.74, 6) is 0. The van der Waals surface area contributed by atoms with Crippen molar-refractivity contribution in [2.45, 2.75) is 0 Å². The summed E-state index contributed by atoms with van der Waals surface area (Å²) in [6.07, 6.45) is 0. The van der Waals surface area contributed by atoms with Gasteiger partial charge in [-0.15, -0.1) is 21.9 Å². The van der Waals surface area contributed by atoms with Crippen molar-refractivity contribution in [3.05, 3.63) is 133 Å². The quantitative estimate of drug-likeness (QED) is 0.182. The van der Waals surface area contributed by atoms with Crippen LogP contribution in [0.15, 0.2) is 138 Å². The molecule has 1 aromatic heterocycles. The van der Waals surface area contributed by atoms with E-state index in [2.05, 4.69) is 196 Å². The van der Waals surface area contributed by atoms with Gasteiger partial charge in [-0.3, -0.25) is 0 Å². The van der Waals surface area contributed by atoms with Gasteiger partial charge in [0.2, 0.25) is 0 Å². The van der Waals surface area contributed by atoms with Gasteiger partial charge >= 0.3 is 0 Å². The second-order valence-electron chi connectivity index (χ2n) is 16.3. The molecule has 9 aromatic carbocycles. The smallest absolute Gasteiger partial charge is 0.139 e. The van der Waals surface area contributed by atoms with E-state index in [1.807, 2.05) is 0 Å². The lowest BCUT2D eigenvalue weighted by Gasteiger charge is -2.28. The third kappa shape index (κ3) is 5.35. The molecule has 10 aromatic rings. The Hall–Kier alpha value is -5.92. The Labute approximate surface area is 341 Å². The first-order valence-corrected chi connectivity index (χ1v) is 20.2. The summed E-state index contributed by atoms with van der Waals surface area (Å²) < 4.78 is 6.55. The average Bonchev–Trinajstić information content (AvgIpc) is 3.61. The Kier molecular flexibility index (Phi) is 8.31.